The smallest absolute Gasteiger partial charge is 0.212 e. The molecule has 1 N–H and O–H groups in total. The summed E-state index contributed by atoms with van der Waals surface area (Å²) in [5, 5.41) is 4.21. The molecular weight excluding hydrogens is 477 g/mol. The zero-order valence-corrected chi connectivity index (χ0v) is 18.6. The number of hydrogen-bond donors (Lipinski definition) is 1. The molecule has 1 aliphatic rings. The Morgan fingerprint density at radius 2 is 1.93 bits per heavy atom. The van der Waals surface area contributed by atoms with E-state index < -0.39 is 0 Å². The standard InChI is InChI=1S/C19H24ClN5O.HI/c1-21-19(23-14-15-7-8-18(26-2)22-13-15)25-11-9-24(10-12-25)17-6-4-3-5-16(17)20;/h3-8,13H,9-12,14H2,1-2H3,(H,21,23);1H. The molecule has 0 bridgehead atoms. The number of rotatable bonds is 4. The molecule has 1 aromatic carbocycles. The second-order valence-corrected chi connectivity index (χ2v) is 6.44. The van der Waals surface area contributed by atoms with Crippen LogP contribution < -0.4 is 15.0 Å². The lowest BCUT2D eigenvalue weighted by Gasteiger charge is -2.38. The van der Waals surface area contributed by atoms with Crippen LogP contribution in [0.15, 0.2) is 47.6 Å². The summed E-state index contributed by atoms with van der Waals surface area (Å²) in [6, 6.07) is 11.9. The molecule has 6 nitrogen and oxygen atoms in total. The molecule has 1 aromatic heterocycles. The number of anilines is 1. The zero-order valence-electron chi connectivity index (χ0n) is 15.6. The summed E-state index contributed by atoms with van der Waals surface area (Å²) in [5.74, 6) is 1.52. The van der Waals surface area contributed by atoms with E-state index in [0.29, 0.717) is 12.4 Å². The lowest BCUT2D eigenvalue weighted by atomic mass is 10.2. The van der Waals surface area contributed by atoms with E-state index in [4.69, 9.17) is 16.3 Å². The summed E-state index contributed by atoms with van der Waals surface area (Å²) >= 11 is 6.32. The number of nitrogens with one attached hydrogen (secondary N) is 1. The largest absolute Gasteiger partial charge is 0.481 e. The van der Waals surface area contributed by atoms with Gasteiger partial charge in [0.25, 0.3) is 0 Å². The van der Waals surface area contributed by atoms with Crippen LogP contribution in [0, 0.1) is 0 Å². The van der Waals surface area contributed by atoms with Gasteiger partial charge in [0.05, 0.1) is 17.8 Å². The van der Waals surface area contributed by atoms with Gasteiger partial charge in [0.1, 0.15) is 0 Å². The predicted molar refractivity (Wildman–Crippen MR) is 122 cm³/mol. The molecule has 8 heteroatoms. The van der Waals surface area contributed by atoms with Gasteiger partial charge in [0.2, 0.25) is 5.88 Å². The summed E-state index contributed by atoms with van der Waals surface area (Å²) in [5.41, 5.74) is 2.18. The van der Waals surface area contributed by atoms with Gasteiger partial charge in [-0.15, -0.1) is 24.0 Å². The number of ether oxygens (including phenoxy) is 1. The van der Waals surface area contributed by atoms with Crippen molar-refractivity contribution in [3.8, 4) is 5.88 Å². The molecule has 1 aliphatic heterocycles. The van der Waals surface area contributed by atoms with E-state index in [-0.39, 0.29) is 24.0 Å². The van der Waals surface area contributed by atoms with Crippen molar-refractivity contribution in [1.29, 1.82) is 0 Å². The molecule has 0 radical (unpaired) electrons. The first-order valence-electron chi connectivity index (χ1n) is 8.65. The van der Waals surface area contributed by atoms with Gasteiger partial charge in [-0.2, -0.15) is 0 Å². The topological polar surface area (TPSA) is 53.0 Å². The average Bonchev–Trinajstić information content (AvgIpc) is 2.70. The molecule has 0 saturated carbocycles. The van der Waals surface area contributed by atoms with Crippen LogP contribution >= 0.6 is 35.6 Å². The Balaban J connectivity index is 0.00000261. The highest BCUT2D eigenvalue weighted by molar-refractivity contribution is 14.0. The quantitative estimate of drug-likeness (QED) is 0.396. The van der Waals surface area contributed by atoms with E-state index in [0.717, 1.165) is 48.4 Å². The summed E-state index contributed by atoms with van der Waals surface area (Å²) < 4.78 is 5.09. The SMILES string of the molecule is CN=C(NCc1ccc(OC)nc1)N1CCN(c2ccccc2Cl)CC1.I. The highest BCUT2D eigenvalue weighted by Crippen LogP contribution is 2.26. The Morgan fingerprint density at radius 1 is 1.19 bits per heavy atom. The molecule has 2 heterocycles. The Kier molecular flexibility index (Phi) is 8.43. The number of benzene rings is 1. The highest BCUT2D eigenvalue weighted by atomic mass is 127. The molecule has 146 valence electrons. The van der Waals surface area contributed by atoms with Crippen molar-refractivity contribution in [2.75, 3.05) is 45.2 Å². The fourth-order valence-electron chi connectivity index (χ4n) is 3.02. The molecule has 2 aromatic rings. The highest BCUT2D eigenvalue weighted by Gasteiger charge is 2.20. The van der Waals surface area contributed by atoms with Crippen LogP contribution in [0.1, 0.15) is 5.56 Å². The molecule has 0 aliphatic carbocycles. The number of nitrogens with zero attached hydrogens (tertiary/aromatic N) is 4. The van der Waals surface area contributed by atoms with E-state index >= 15 is 0 Å². The van der Waals surface area contributed by atoms with Crippen molar-refractivity contribution in [1.82, 2.24) is 15.2 Å². The van der Waals surface area contributed by atoms with E-state index in [9.17, 15) is 0 Å². The van der Waals surface area contributed by atoms with E-state index in [1.54, 1.807) is 7.11 Å². The van der Waals surface area contributed by atoms with Gasteiger partial charge in [-0.3, -0.25) is 4.99 Å². The van der Waals surface area contributed by atoms with Crippen LogP contribution in [-0.4, -0.2) is 56.2 Å². The first kappa shape index (κ1) is 21.6. The van der Waals surface area contributed by atoms with Gasteiger partial charge in [0, 0.05) is 52.0 Å². The van der Waals surface area contributed by atoms with Gasteiger partial charge < -0.3 is 19.9 Å². The predicted octanol–water partition coefficient (Wildman–Crippen LogP) is 3.26. The van der Waals surface area contributed by atoms with Crippen molar-refractivity contribution in [3.63, 3.8) is 0 Å². The second-order valence-electron chi connectivity index (χ2n) is 6.04. The van der Waals surface area contributed by atoms with Crippen molar-refractivity contribution in [2.24, 2.45) is 4.99 Å². The zero-order chi connectivity index (χ0) is 18.4. The van der Waals surface area contributed by atoms with E-state index in [1.807, 2.05) is 43.6 Å². The number of methoxy groups -OCH3 is 1. The van der Waals surface area contributed by atoms with Crippen LogP contribution in [0.5, 0.6) is 5.88 Å². The number of aromatic nitrogens is 1. The fraction of sp³-hybridized carbons (Fsp3) is 0.368. The Labute approximate surface area is 182 Å². The van der Waals surface area contributed by atoms with Crippen LogP contribution in [0.3, 0.4) is 0 Å². The lowest BCUT2D eigenvalue weighted by molar-refractivity contribution is 0.372. The summed E-state index contributed by atoms with van der Waals surface area (Å²) in [6.45, 7) is 4.29. The van der Waals surface area contributed by atoms with Gasteiger partial charge in [-0.25, -0.2) is 4.98 Å². The van der Waals surface area contributed by atoms with Crippen molar-refractivity contribution in [2.45, 2.75) is 6.54 Å². The van der Waals surface area contributed by atoms with Crippen molar-refractivity contribution in [3.05, 3.63) is 53.2 Å². The maximum atomic E-state index is 6.32. The number of aliphatic imine (C=N–C) groups is 1. The molecule has 0 spiro atoms. The van der Waals surface area contributed by atoms with Crippen molar-refractivity contribution < 1.29 is 4.74 Å². The van der Waals surface area contributed by atoms with Crippen molar-refractivity contribution >= 4 is 47.2 Å². The van der Waals surface area contributed by atoms with Crippen LogP contribution in [0.25, 0.3) is 0 Å². The number of pyridine rings is 1. The maximum absolute atomic E-state index is 6.32. The van der Waals surface area contributed by atoms with Gasteiger partial charge in [0.15, 0.2) is 5.96 Å². The minimum Gasteiger partial charge on any atom is -0.481 e. The molecule has 0 amide bonds. The first-order chi connectivity index (χ1) is 12.7. The van der Waals surface area contributed by atoms with E-state index in [1.165, 1.54) is 0 Å². The maximum Gasteiger partial charge on any atom is 0.212 e. The minimum absolute atomic E-state index is 0. The van der Waals surface area contributed by atoms with E-state index in [2.05, 4.69) is 31.2 Å². The fourth-order valence-corrected chi connectivity index (χ4v) is 3.27. The monoisotopic (exact) mass is 501 g/mol. The molecule has 1 saturated heterocycles. The molecule has 1 fully saturated rings. The minimum atomic E-state index is 0. The Hall–Kier alpha value is -1.74. The van der Waals surface area contributed by atoms with Crippen LogP contribution in [-0.2, 0) is 6.54 Å². The van der Waals surface area contributed by atoms with Gasteiger partial charge in [-0.05, 0) is 17.7 Å². The number of piperazine rings is 1. The number of hydrogen-bond acceptors (Lipinski definition) is 4. The summed E-state index contributed by atoms with van der Waals surface area (Å²) in [7, 11) is 3.43. The average molecular weight is 502 g/mol. The Bertz CT molecular complexity index is 748. The second kappa shape index (κ2) is 10.6. The third-order valence-electron chi connectivity index (χ3n) is 4.44. The number of guanidine groups is 1. The first-order valence-corrected chi connectivity index (χ1v) is 9.03. The Morgan fingerprint density at radius 3 is 2.52 bits per heavy atom. The summed E-state index contributed by atoms with van der Waals surface area (Å²) in [6.07, 6.45) is 1.81. The third-order valence-corrected chi connectivity index (χ3v) is 4.76. The van der Waals surface area contributed by atoms with Gasteiger partial charge >= 0.3 is 0 Å². The third kappa shape index (κ3) is 5.62. The molecule has 3 rings (SSSR count). The number of para-hydroxylation sites is 1. The van der Waals surface area contributed by atoms with Crippen LogP contribution in [0.4, 0.5) is 5.69 Å². The van der Waals surface area contributed by atoms with Crippen LogP contribution in [0.2, 0.25) is 5.02 Å². The summed E-state index contributed by atoms with van der Waals surface area (Å²) in [4.78, 5) is 13.2. The lowest BCUT2D eigenvalue weighted by Crippen LogP contribution is -2.52. The number of halogens is 2. The molecule has 0 atom stereocenters. The molecule has 0 unspecified atom stereocenters. The van der Waals surface area contributed by atoms with Gasteiger partial charge in [-0.1, -0.05) is 29.8 Å². The molecule has 27 heavy (non-hydrogen) atoms. The molecular formula is C19H25ClIN5O. The normalized spacial score (nSPS) is 14.6.